The van der Waals surface area contributed by atoms with Gasteiger partial charge in [0.15, 0.2) is 5.78 Å². The van der Waals surface area contributed by atoms with Crippen LogP contribution in [0.15, 0.2) is 11.0 Å². The van der Waals surface area contributed by atoms with Crippen LogP contribution in [0.3, 0.4) is 0 Å². The summed E-state index contributed by atoms with van der Waals surface area (Å²) in [5.74, 6) is -0.0240. The highest BCUT2D eigenvalue weighted by atomic mass is 32.2. The van der Waals surface area contributed by atoms with Gasteiger partial charge in [0, 0.05) is 28.8 Å². The summed E-state index contributed by atoms with van der Waals surface area (Å²) >= 11 is 1.87. The fraction of sp³-hybridized carbons (Fsp3) is 0.500. The Morgan fingerprint density at radius 2 is 2.19 bits per heavy atom. The molecule has 2 unspecified atom stereocenters. The van der Waals surface area contributed by atoms with Gasteiger partial charge in [0.05, 0.1) is 7.11 Å². The van der Waals surface area contributed by atoms with Crippen LogP contribution in [0.1, 0.15) is 51.9 Å². The Balaban J connectivity index is 1.92. The molecule has 21 heavy (non-hydrogen) atoms. The number of nitrogens with one attached hydrogen (secondary N) is 1. The molecule has 112 valence electrons. The molecule has 1 aromatic rings. The Bertz CT molecular complexity index is 644. The highest BCUT2D eigenvalue weighted by molar-refractivity contribution is 8.03. The smallest absolute Gasteiger partial charge is 0.354 e. The number of allylic oxidation sites excluding steroid dienone is 2. The van der Waals surface area contributed by atoms with Crippen LogP contribution >= 0.6 is 11.8 Å². The van der Waals surface area contributed by atoms with Crippen molar-refractivity contribution in [1.29, 1.82) is 0 Å². The molecule has 3 rings (SSSR count). The first kappa shape index (κ1) is 14.4. The van der Waals surface area contributed by atoms with Crippen molar-refractivity contribution in [2.24, 2.45) is 5.92 Å². The van der Waals surface area contributed by atoms with E-state index >= 15 is 0 Å². The average Bonchev–Trinajstić information content (AvgIpc) is 3.02. The third-order valence-electron chi connectivity index (χ3n) is 4.27. The lowest BCUT2D eigenvalue weighted by molar-refractivity contribution is 0.0593. The molecule has 4 nitrogen and oxygen atoms in total. The predicted octanol–water partition coefficient (Wildman–Crippen LogP) is 3.26. The number of Topliss-reactive ketones (excluding diaryl/α,β-unsaturated/α-hetero) is 1. The first-order valence-corrected chi connectivity index (χ1v) is 8.08. The van der Waals surface area contributed by atoms with Gasteiger partial charge in [-0.1, -0.05) is 13.0 Å². The molecule has 0 spiro atoms. The van der Waals surface area contributed by atoms with E-state index in [0.717, 1.165) is 24.1 Å². The van der Waals surface area contributed by atoms with Gasteiger partial charge in [-0.25, -0.2) is 4.79 Å². The largest absolute Gasteiger partial charge is 0.464 e. The Hall–Kier alpha value is -1.49. The Morgan fingerprint density at radius 3 is 2.81 bits per heavy atom. The number of ether oxygens (including phenoxy) is 1. The molecule has 0 bridgehead atoms. The number of fused-ring (bicyclic) bond motifs is 1. The van der Waals surface area contributed by atoms with Gasteiger partial charge in [-0.2, -0.15) is 0 Å². The van der Waals surface area contributed by atoms with E-state index in [1.54, 1.807) is 0 Å². The monoisotopic (exact) mass is 305 g/mol. The summed E-state index contributed by atoms with van der Waals surface area (Å²) in [6.07, 6.45) is 4.67. The number of hydrogen-bond donors (Lipinski definition) is 1. The Kier molecular flexibility index (Phi) is 3.69. The second kappa shape index (κ2) is 5.37. The minimum Gasteiger partial charge on any atom is -0.464 e. The zero-order valence-corrected chi connectivity index (χ0v) is 13.3. The zero-order valence-electron chi connectivity index (χ0n) is 12.5. The van der Waals surface area contributed by atoms with Gasteiger partial charge in [-0.05, 0) is 30.2 Å². The summed E-state index contributed by atoms with van der Waals surface area (Å²) in [6, 6.07) is 0. The topological polar surface area (TPSA) is 59.2 Å². The van der Waals surface area contributed by atoms with Crippen LogP contribution in [0.25, 0.3) is 0 Å². The molecule has 1 aliphatic heterocycles. The standard InChI is InChI=1S/C16H19NO3S/c1-8-4-5-13(21-8)10-6-11-14(12(18)7-10)9(2)15(17-11)16(19)20-3/h5,8,10,17H,4,6-7H2,1-3H3. The SMILES string of the molecule is COC(=O)c1[nH]c2c(c1C)C(=O)CC(C1=CCC(C)S1)C2. The molecule has 1 N–H and O–H groups in total. The lowest BCUT2D eigenvalue weighted by Gasteiger charge is -2.22. The average molecular weight is 305 g/mol. The molecular formula is C16H19NO3S. The first-order valence-electron chi connectivity index (χ1n) is 7.21. The van der Waals surface area contributed by atoms with Gasteiger partial charge in [0.1, 0.15) is 5.69 Å². The molecule has 2 aliphatic rings. The quantitative estimate of drug-likeness (QED) is 0.852. The van der Waals surface area contributed by atoms with Crippen LogP contribution in [0.5, 0.6) is 0 Å². The first-order chi connectivity index (χ1) is 10.0. The van der Waals surface area contributed by atoms with E-state index in [-0.39, 0.29) is 11.7 Å². The number of methoxy groups -OCH3 is 1. The number of carbonyl (C=O) groups excluding carboxylic acids is 2. The lowest BCUT2D eigenvalue weighted by atomic mass is 9.85. The molecule has 2 heterocycles. The minimum absolute atomic E-state index is 0.131. The fourth-order valence-corrected chi connectivity index (χ4v) is 4.42. The molecular weight excluding hydrogens is 286 g/mol. The van der Waals surface area contributed by atoms with Crippen LogP contribution in [-0.2, 0) is 11.2 Å². The Morgan fingerprint density at radius 1 is 1.43 bits per heavy atom. The van der Waals surface area contributed by atoms with E-state index in [2.05, 4.69) is 18.0 Å². The molecule has 0 saturated carbocycles. The summed E-state index contributed by atoms with van der Waals surface area (Å²) in [5.41, 5.74) is 2.72. The normalized spacial score (nSPS) is 24.7. The number of aromatic nitrogens is 1. The van der Waals surface area contributed by atoms with Crippen LogP contribution in [0.2, 0.25) is 0 Å². The molecule has 0 radical (unpaired) electrons. The molecule has 0 amide bonds. The summed E-state index contributed by atoms with van der Waals surface area (Å²) in [6.45, 7) is 4.02. The van der Waals surface area contributed by atoms with Gasteiger partial charge >= 0.3 is 5.97 Å². The highest BCUT2D eigenvalue weighted by Crippen LogP contribution is 2.42. The third-order valence-corrected chi connectivity index (χ3v) is 5.64. The summed E-state index contributed by atoms with van der Waals surface area (Å²) in [7, 11) is 1.35. The van der Waals surface area contributed by atoms with Gasteiger partial charge in [0.2, 0.25) is 0 Å². The number of rotatable bonds is 2. The molecule has 1 aliphatic carbocycles. The van der Waals surface area contributed by atoms with Crippen molar-refractivity contribution < 1.29 is 14.3 Å². The van der Waals surface area contributed by atoms with Crippen molar-refractivity contribution in [2.75, 3.05) is 7.11 Å². The van der Waals surface area contributed by atoms with Gasteiger partial charge < -0.3 is 9.72 Å². The number of esters is 1. The van der Waals surface area contributed by atoms with Crippen molar-refractivity contribution in [1.82, 2.24) is 4.98 Å². The molecule has 0 saturated heterocycles. The second-order valence-electron chi connectivity index (χ2n) is 5.77. The third kappa shape index (κ3) is 2.44. The van der Waals surface area contributed by atoms with Gasteiger partial charge in [-0.15, -0.1) is 11.8 Å². The summed E-state index contributed by atoms with van der Waals surface area (Å²) in [4.78, 5) is 28.7. The van der Waals surface area contributed by atoms with Crippen molar-refractivity contribution in [3.8, 4) is 0 Å². The number of H-pyrrole nitrogens is 1. The van der Waals surface area contributed by atoms with E-state index in [1.807, 2.05) is 18.7 Å². The van der Waals surface area contributed by atoms with E-state index in [1.165, 1.54) is 12.0 Å². The molecule has 2 atom stereocenters. The highest BCUT2D eigenvalue weighted by Gasteiger charge is 2.34. The van der Waals surface area contributed by atoms with E-state index < -0.39 is 5.97 Å². The van der Waals surface area contributed by atoms with Crippen molar-refractivity contribution >= 4 is 23.5 Å². The van der Waals surface area contributed by atoms with E-state index in [4.69, 9.17) is 4.74 Å². The minimum atomic E-state index is -0.408. The Labute approximate surface area is 128 Å². The van der Waals surface area contributed by atoms with Crippen LogP contribution in [0, 0.1) is 12.8 Å². The molecule has 0 aromatic carbocycles. The maximum Gasteiger partial charge on any atom is 0.354 e. The predicted molar refractivity (Wildman–Crippen MR) is 82.8 cm³/mol. The zero-order chi connectivity index (χ0) is 15.1. The number of carbonyl (C=O) groups is 2. The summed E-state index contributed by atoms with van der Waals surface area (Å²) < 4.78 is 4.77. The van der Waals surface area contributed by atoms with E-state index in [9.17, 15) is 9.59 Å². The number of aromatic amines is 1. The number of hydrogen-bond acceptors (Lipinski definition) is 4. The van der Waals surface area contributed by atoms with Crippen LogP contribution in [0.4, 0.5) is 0 Å². The number of thioether (sulfide) groups is 1. The molecule has 0 fully saturated rings. The summed E-state index contributed by atoms with van der Waals surface area (Å²) in [5, 5.41) is 0.604. The second-order valence-corrected chi connectivity index (χ2v) is 7.28. The van der Waals surface area contributed by atoms with Crippen LogP contribution < -0.4 is 0 Å². The molecule has 5 heteroatoms. The van der Waals surface area contributed by atoms with Crippen LogP contribution in [-0.4, -0.2) is 29.1 Å². The van der Waals surface area contributed by atoms with Gasteiger partial charge in [0.25, 0.3) is 0 Å². The molecule has 1 aromatic heterocycles. The maximum atomic E-state index is 12.5. The fourth-order valence-electron chi connectivity index (χ4n) is 3.21. The van der Waals surface area contributed by atoms with Gasteiger partial charge in [-0.3, -0.25) is 4.79 Å². The lowest BCUT2D eigenvalue weighted by Crippen LogP contribution is -2.20. The van der Waals surface area contributed by atoms with Crippen molar-refractivity contribution in [3.63, 3.8) is 0 Å². The maximum absolute atomic E-state index is 12.5. The number of ketones is 1. The van der Waals surface area contributed by atoms with E-state index in [0.29, 0.717) is 22.9 Å². The van der Waals surface area contributed by atoms with Crippen molar-refractivity contribution in [2.45, 2.75) is 38.4 Å². The van der Waals surface area contributed by atoms with Crippen molar-refractivity contribution in [3.05, 3.63) is 33.5 Å².